The van der Waals surface area contributed by atoms with E-state index in [2.05, 4.69) is 15.6 Å². The third-order valence-electron chi connectivity index (χ3n) is 4.44. The van der Waals surface area contributed by atoms with Gasteiger partial charge in [-0.25, -0.2) is 4.79 Å². The number of thiazole rings is 1. The van der Waals surface area contributed by atoms with Crippen molar-refractivity contribution in [2.75, 3.05) is 10.6 Å². The Hall–Kier alpha value is -4.24. The number of carbonyl (C=O) groups excluding carboxylic acids is 2. The number of ether oxygens (including phenoxy) is 1. The standard InChI is InChI=1S/C23H17N3O5S/c1-13-5-4-8-17(11-13)31-23-26-19(25-21(28)22(29)30)18(32-23)20(27)24-16-10-9-14-6-2-3-7-15(14)12-16/h2-12H,1H3,(H,24,27)(H,25,28)(H,29,30). The maximum absolute atomic E-state index is 12.9. The van der Waals surface area contributed by atoms with Gasteiger partial charge in [0.1, 0.15) is 10.6 Å². The molecule has 0 unspecified atom stereocenters. The number of nitrogens with one attached hydrogen (secondary N) is 2. The monoisotopic (exact) mass is 447 g/mol. The van der Waals surface area contributed by atoms with E-state index in [0.717, 1.165) is 27.7 Å². The number of anilines is 2. The van der Waals surface area contributed by atoms with Crippen LogP contribution in [0.5, 0.6) is 10.9 Å². The van der Waals surface area contributed by atoms with Crippen molar-refractivity contribution in [3.05, 3.63) is 77.2 Å². The van der Waals surface area contributed by atoms with Crippen molar-refractivity contribution in [3.63, 3.8) is 0 Å². The van der Waals surface area contributed by atoms with Crippen LogP contribution in [-0.4, -0.2) is 27.9 Å². The average molecular weight is 447 g/mol. The zero-order chi connectivity index (χ0) is 22.7. The molecule has 3 N–H and O–H groups in total. The molecule has 0 bridgehead atoms. The number of nitrogens with zero attached hydrogens (tertiary/aromatic N) is 1. The zero-order valence-corrected chi connectivity index (χ0v) is 17.6. The summed E-state index contributed by atoms with van der Waals surface area (Å²) in [4.78, 5) is 39.7. The molecular weight excluding hydrogens is 430 g/mol. The van der Waals surface area contributed by atoms with E-state index in [1.165, 1.54) is 0 Å². The van der Waals surface area contributed by atoms with Gasteiger partial charge in [-0.15, -0.1) is 0 Å². The Morgan fingerprint density at radius 1 is 0.938 bits per heavy atom. The molecular formula is C23H17N3O5S. The van der Waals surface area contributed by atoms with Crippen LogP contribution in [0.4, 0.5) is 11.5 Å². The van der Waals surface area contributed by atoms with Gasteiger partial charge >= 0.3 is 11.9 Å². The van der Waals surface area contributed by atoms with Gasteiger partial charge in [-0.2, -0.15) is 4.98 Å². The predicted molar refractivity (Wildman–Crippen MR) is 122 cm³/mol. The molecule has 0 saturated carbocycles. The first-order valence-electron chi connectivity index (χ1n) is 9.49. The fourth-order valence-electron chi connectivity index (χ4n) is 2.98. The lowest BCUT2D eigenvalue weighted by Crippen LogP contribution is -2.23. The van der Waals surface area contributed by atoms with Crippen molar-refractivity contribution in [2.24, 2.45) is 0 Å². The Labute approximate surface area is 186 Å². The van der Waals surface area contributed by atoms with E-state index >= 15 is 0 Å². The number of carboxylic acid groups (broad SMARTS) is 1. The Balaban J connectivity index is 1.63. The maximum atomic E-state index is 12.9. The number of benzene rings is 3. The van der Waals surface area contributed by atoms with Crippen molar-refractivity contribution in [1.82, 2.24) is 4.98 Å². The van der Waals surface area contributed by atoms with Gasteiger partial charge in [-0.3, -0.25) is 14.9 Å². The topological polar surface area (TPSA) is 118 Å². The summed E-state index contributed by atoms with van der Waals surface area (Å²) in [5, 5.41) is 15.9. The van der Waals surface area contributed by atoms with Crippen molar-refractivity contribution >= 4 is 51.4 Å². The van der Waals surface area contributed by atoms with Crippen molar-refractivity contribution in [2.45, 2.75) is 6.92 Å². The quantitative estimate of drug-likeness (QED) is 0.383. The van der Waals surface area contributed by atoms with E-state index < -0.39 is 17.8 Å². The summed E-state index contributed by atoms with van der Waals surface area (Å²) in [6.45, 7) is 1.90. The van der Waals surface area contributed by atoms with Crippen LogP contribution in [0.3, 0.4) is 0 Å². The molecule has 2 amide bonds. The number of aromatic nitrogens is 1. The lowest BCUT2D eigenvalue weighted by Gasteiger charge is -2.06. The fraction of sp³-hybridized carbons (Fsp3) is 0.0435. The normalized spacial score (nSPS) is 10.5. The summed E-state index contributed by atoms with van der Waals surface area (Å²) < 4.78 is 5.71. The summed E-state index contributed by atoms with van der Waals surface area (Å²) in [6, 6.07) is 20.3. The van der Waals surface area contributed by atoms with Crippen LogP contribution < -0.4 is 15.4 Å². The molecule has 160 valence electrons. The minimum Gasteiger partial charge on any atom is -0.474 e. The van der Waals surface area contributed by atoms with E-state index in [1.807, 2.05) is 49.4 Å². The summed E-state index contributed by atoms with van der Waals surface area (Å²) in [5.74, 6) is -3.26. The molecule has 1 heterocycles. The van der Waals surface area contributed by atoms with Crippen LogP contribution in [0.25, 0.3) is 10.8 Å². The van der Waals surface area contributed by atoms with Gasteiger partial charge in [0, 0.05) is 5.69 Å². The smallest absolute Gasteiger partial charge is 0.394 e. The Morgan fingerprint density at radius 2 is 1.72 bits per heavy atom. The molecule has 8 nitrogen and oxygen atoms in total. The van der Waals surface area contributed by atoms with Crippen LogP contribution in [0.15, 0.2) is 66.7 Å². The van der Waals surface area contributed by atoms with E-state index in [0.29, 0.717) is 11.4 Å². The molecule has 4 aromatic rings. The first-order chi connectivity index (χ1) is 15.4. The third-order valence-corrected chi connectivity index (χ3v) is 5.37. The SMILES string of the molecule is Cc1cccc(Oc2nc(NC(=O)C(=O)O)c(C(=O)Nc3ccc4ccccc4c3)s2)c1. The highest BCUT2D eigenvalue weighted by Gasteiger charge is 2.23. The zero-order valence-electron chi connectivity index (χ0n) is 16.8. The van der Waals surface area contributed by atoms with Crippen LogP contribution in [0.1, 0.15) is 15.2 Å². The minimum absolute atomic E-state index is 0.00964. The lowest BCUT2D eigenvalue weighted by atomic mass is 10.1. The predicted octanol–water partition coefficient (Wildman–Crippen LogP) is 4.67. The molecule has 0 fully saturated rings. The second kappa shape index (κ2) is 8.86. The van der Waals surface area contributed by atoms with Gasteiger partial charge in [0.15, 0.2) is 5.82 Å². The Kier molecular flexibility index (Phi) is 5.82. The number of carbonyl (C=O) groups is 3. The van der Waals surface area contributed by atoms with E-state index in [1.54, 1.807) is 24.3 Å². The fourth-order valence-corrected chi connectivity index (χ4v) is 3.76. The lowest BCUT2D eigenvalue weighted by molar-refractivity contribution is -0.147. The highest BCUT2D eigenvalue weighted by Crippen LogP contribution is 2.33. The summed E-state index contributed by atoms with van der Waals surface area (Å²) >= 11 is 0.892. The largest absolute Gasteiger partial charge is 0.474 e. The summed E-state index contributed by atoms with van der Waals surface area (Å²) in [5.41, 5.74) is 1.51. The number of hydrogen-bond donors (Lipinski definition) is 3. The second-order valence-electron chi connectivity index (χ2n) is 6.85. The van der Waals surface area contributed by atoms with Crippen LogP contribution >= 0.6 is 11.3 Å². The second-order valence-corrected chi connectivity index (χ2v) is 7.81. The molecule has 0 aliphatic rings. The average Bonchev–Trinajstić information content (AvgIpc) is 3.15. The number of carboxylic acids is 1. The van der Waals surface area contributed by atoms with Crippen LogP contribution in [0, 0.1) is 6.92 Å². The van der Waals surface area contributed by atoms with E-state index in [-0.39, 0.29) is 15.9 Å². The maximum Gasteiger partial charge on any atom is 0.394 e. The number of aryl methyl sites for hydroxylation is 1. The molecule has 1 aromatic heterocycles. The van der Waals surface area contributed by atoms with Crippen molar-refractivity contribution < 1.29 is 24.2 Å². The van der Waals surface area contributed by atoms with Crippen molar-refractivity contribution in [1.29, 1.82) is 0 Å². The number of amides is 2. The summed E-state index contributed by atoms with van der Waals surface area (Å²) in [7, 11) is 0. The highest BCUT2D eigenvalue weighted by atomic mass is 32.1. The molecule has 0 aliphatic heterocycles. The van der Waals surface area contributed by atoms with E-state index in [4.69, 9.17) is 9.84 Å². The first-order valence-corrected chi connectivity index (χ1v) is 10.3. The number of aliphatic carboxylic acids is 1. The van der Waals surface area contributed by atoms with E-state index in [9.17, 15) is 14.4 Å². The molecule has 9 heteroatoms. The molecule has 32 heavy (non-hydrogen) atoms. The molecule has 0 atom stereocenters. The summed E-state index contributed by atoms with van der Waals surface area (Å²) in [6.07, 6.45) is 0. The Bertz CT molecular complexity index is 1350. The molecule has 3 aromatic carbocycles. The number of hydrogen-bond acceptors (Lipinski definition) is 6. The van der Waals surface area contributed by atoms with Crippen LogP contribution in [0.2, 0.25) is 0 Å². The molecule has 0 spiro atoms. The molecule has 4 rings (SSSR count). The molecule has 0 saturated heterocycles. The third kappa shape index (κ3) is 4.73. The van der Waals surface area contributed by atoms with Crippen LogP contribution in [-0.2, 0) is 9.59 Å². The number of fused-ring (bicyclic) bond motifs is 1. The van der Waals surface area contributed by atoms with Gasteiger partial charge in [0.2, 0.25) is 0 Å². The Morgan fingerprint density at radius 3 is 2.47 bits per heavy atom. The van der Waals surface area contributed by atoms with Gasteiger partial charge < -0.3 is 15.2 Å². The highest BCUT2D eigenvalue weighted by molar-refractivity contribution is 7.16. The number of rotatable bonds is 5. The first kappa shape index (κ1) is 21.0. The van der Waals surface area contributed by atoms with Crippen molar-refractivity contribution in [3.8, 4) is 10.9 Å². The molecule has 0 aliphatic carbocycles. The van der Waals surface area contributed by atoms with Gasteiger partial charge in [0.25, 0.3) is 11.1 Å². The molecule has 0 radical (unpaired) electrons. The van der Waals surface area contributed by atoms with Gasteiger partial charge in [-0.1, -0.05) is 53.8 Å². The van der Waals surface area contributed by atoms with Gasteiger partial charge in [-0.05, 0) is 47.5 Å². The minimum atomic E-state index is -1.69. The van der Waals surface area contributed by atoms with Gasteiger partial charge in [0.05, 0.1) is 0 Å².